The number of rotatable bonds is 5. The predicted octanol–water partition coefficient (Wildman–Crippen LogP) is 5.48. The van der Waals surface area contributed by atoms with Crippen molar-refractivity contribution in [3.05, 3.63) is 64.1 Å². The molecule has 2 aromatic carbocycles. The second-order valence-corrected chi connectivity index (χ2v) is 7.27. The maximum atomic E-state index is 12.1. The molecule has 0 fully saturated rings. The Bertz CT molecular complexity index is 1160. The molecule has 2 heterocycles. The average molecular weight is 441 g/mol. The molecular formula is C21H17BrN2O4. The number of carbonyl (C=O) groups excluding carboxylic acids is 1. The molecule has 7 heteroatoms. The number of oxazole rings is 1. The zero-order chi connectivity index (χ0) is 19.7. The van der Waals surface area contributed by atoms with Gasteiger partial charge in [0.05, 0.1) is 0 Å². The number of halogens is 1. The number of ether oxygens (including phenoxy) is 1. The van der Waals surface area contributed by atoms with Crippen LogP contribution in [0.5, 0.6) is 5.75 Å². The summed E-state index contributed by atoms with van der Waals surface area (Å²) in [4.78, 5) is 16.6. The largest absolute Gasteiger partial charge is 0.483 e. The molecular weight excluding hydrogens is 424 g/mol. The molecule has 28 heavy (non-hydrogen) atoms. The molecule has 2 aromatic heterocycles. The monoisotopic (exact) mass is 440 g/mol. The Morgan fingerprint density at radius 1 is 1.11 bits per heavy atom. The van der Waals surface area contributed by atoms with Gasteiger partial charge in [0.2, 0.25) is 5.88 Å². The van der Waals surface area contributed by atoms with E-state index in [0.29, 0.717) is 28.9 Å². The lowest BCUT2D eigenvalue weighted by molar-refractivity contribution is -0.118. The van der Waals surface area contributed by atoms with E-state index in [0.717, 1.165) is 21.1 Å². The van der Waals surface area contributed by atoms with E-state index in [2.05, 4.69) is 26.2 Å². The molecule has 4 rings (SSSR count). The van der Waals surface area contributed by atoms with Crippen molar-refractivity contribution in [3.63, 3.8) is 0 Å². The van der Waals surface area contributed by atoms with E-state index in [1.165, 1.54) is 0 Å². The smallest absolute Gasteiger partial charge is 0.264 e. The van der Waals surface area contributed by atoms with Crippen molar-refractivity contribution in [2.24, 2.45) is 0 Å². The van der Waals surface area contributed by atoms with Crippen molar-refractivity contribution in [2.45, 2.75) is 13.8 Å². The van der Waals surface area contributed by atoms with Crippen molar-refractivity contribution in [3.8, 4) is 17.4 Å². The number of hydrogen-bond donors (Lipinski definition) is 1. The molecule has 4 aromatic rings. The number of amides is 1. The molecule has 0 aliphatic heterocycles. The Kier molecular flexibility index (Phi) is 4.92. The number of aryl methyl sites for hydroxylation is 2. The number of aromatic nitrogens is 1. The summed E-state index contributed by atoms with van der Waals surface area (Å²) in [6.07, 6.45) is 0. The third kappa shape index (κ3) is 3.80. The topological polar surface area (TPSA) is 77.5 Å². The normalized spacial score (nSPS) is 11.0. The first-order chi connectivity index (χ1) is 13.5. The lowest BCUT2D eigenvalue weighted by atomic mass is 10.2. The molecule has 0 spiro atoms. The molecule has 0 saturated heterocycles. The highest BCUT2D eigenvalue weighted by Crippen LogP contribution is 2.31. The van der Waals surface area contributed by atoms with E-state index < -0.39 is 0 Å². The number of benzene rings is 2. The molecule has 0 aliphatic rings. The lowest BCUT2D eigenvalue weighted by Gasteiger charge is -2.08. The quantitative estimate of drug-likeness (QED) is 0.444. The summed E-state index contributed by atoms with van der Waals surface area (Å²) in [5.74, 6) is 1.44. The number of nitrogens with one attached hydrogen (secondary N) is 1. The van der Waals surface area contributed by atoms with Crippen molar-refractivity contribution in [1.82, 2.24) is 4.98 Å². The van der Waals surface area contributed by atoms with Crippen LogP contribution in [0.25, 0.3) is 22.8 Å². The highest BCUT2D eigenvalue weighted by atomic mass is 79.9. The summed E-state index contributed by atoms with van der Waals surface area (Å²) in [7, 11) is 0. The van der Waals surface area contributed by atoms with Crippen molar-refractivity contribution < 1.29 is 18.4 Å². The average Bonchev–Trinajstić information content (AvgIpc) is 3.28. The first kappa shape index (κ1) is 18.3. The van der Waals surface area contributed by atoms with Crippen LogP contribution in [0.1, 0.15) is 11.1 Å². The number of para-hydroxylation sites is 1. The number of nitrogens with zero attached hydrogens (tertiary/aromatic N) is 1. The molecule has 6 nitrogen and oxygen atoms in total. The third-order valence-electron chi connectivity index (χ3n) is 4.17. The minimum atomic E-state index is -0.318. The van der Waals surface area contributed by atoms with Crippen LogP contribution in [0.15, 0.2) is 61.8 Å². The van der Waals surface area contributed by atoms with Crippen molar-refractivity contribution in [1.29, 1.82) is 0 Å². The van der Waals surface area contributed by atoms with Gasteiger partial charge in [-0.2, -0.15) is 0 Å². The van der Waals surface area contributed by atoms with E-state index >= 15 is 0 Å². The van der Waals surface area contributed by atoms with Crippen LogP contribution >= 0.6 is 15.9 Å². The van der Waals surface area contributed by atoms with E-state index in [9.17, 15) is 4.79 Å². The Morgan fingerprint density at radius 3 is 2.75 bits per heavy atom. The van der Waals surface area contributed by atoms with Crippen LogP contribution in [0.2, 0.25) is 0 Å². The molecule has 0 bridgehead atoms. The van der Waals surface area contributed by atoms with Gasteiger partial charge in [0, 0.05) is 10.5 Å². The van der Waals surface area contributed by atoms with Gasteiger partial charge in [-0.15, -0.1) is 0 Å². The fourth-order valence-corrected chi connectivity index (χ4v) is 3.38. The van der Waals surface area contributed by atoms with E-state index in [-0.39, 0.29) is 12.5 Å². The minimum Gasteiger partial charge on any atom is -0.483 e. The zero-order valence-electron chi connectivity index (χ0n) is 15.3. The van der Waals surface area contributed by atoms with Gasteiger partial charge in [0.25, 0.3) is 11.8 Å². The Labute approximate surface area is 169 Å². The number of hydrogen-bond acceptors (Lipinski definition) is 5. The van der Waals surface area contributed by atoms with E-state index in [4.69, 9.17) is 13.6 Å². The fraction of sp³-hybridized carbons (Fsp3) is 0.143. The van der Waals surface area contributed by atoms with Gasteiger partial charge in [0.15, 0.2) is 18.0 Å². The van der Waals surface area contributed by atoms with Crippen LogP contribution in [-0.2, 0) is 4.79 Å². The molecule has 142 valence electrons. The Hall–Kier alpha value is -3.06. The molecule has 0 radical (unpaired) electrons. The maximum absolute atomic E-state index is 12.1. The standard InChI is InChI=1S/C21H17BrN2O4/c1-12-5-3-4-6-16(12)26-11-18(25)24-19-8-7-17(27-19)21-23-15-10-14(22)9-13(2)20(15)28-21/h3-10H,11H2,1-2H3,(H,24,25). The van der Waals surface area contributed by atoms with Crippen LogP contribution < -0.4 is 10.1 Å². The van der Waals surface area contributed by atoms with Crippen molar-refractivity contribution in [2.75, 3.05) is 11.9 Å². The van der Waals surface area contributed by atoms with E-state index in [1.54, 1.807) is 12.1 Å². The first-order valence-electron chi connectivity index (χ1n) is 8.65. The maximum Gasteiger partial charge on any atom is 0.264 e. The molecule has 1 amide bonds. The van der Waals surface area contributed by atoms with Crippen LogP contribution in [0, 0.1) is 13.8 Å². The summed E-state index contributed by atoms with van der Waals surface area (Å²) in [6.45, 7) is 3.76. The van der Waals surface area contributed by atoms with Crippen molar-refractivity contribution >= 4 is 38.8 Å². The van der Waals surface area contributed by atoms with Gasteiger partial charge in [-0.25, -0.2) is 4.98 Å². The summed E-state index contributed by atoms with van der Waals surface area (Å²) in [5.41, 5.74) is 3.37. The zero-order valence-corrected chi connectivity index (χ0v) is 16.9. The fourth-order valence-electron chi connectivity index (χ4n) is 2.82. The molecule has 0 atom stereocenters. The van der Waals surface area contributed by atoms with Gasteiger partial charge in [-0.1, -0.05) is 34.1 Å². The van der Waals surface area contributed by atoms with Crippen LogP contribution in [0.3, 0.4) is 0 Å². The Morgan fingerprint density at radius 2 is 1.93 bits per heavy atom. The van der Waals surface area contributed by atoms with Gasteiger partial charge in [0.1, 0.15) is 11.3 Å². The number of carbonyl (C=O) groups is 1. The highest BCUT2D eigenvalue weighted by molar-refractivity contribution is 9.10. The van der Waals surface area contributed by atoms with Crippen LogP contribution in [-0.4, -0.2) is 17.5 Å². The Balaban J connectivity index is 1.45. The predicted molar refractivity (Wildman–Crippen MR) is 109 cm³/mol. The molecule has 1 N–H and O–H groups in total. The summed E-state index contributed by atoms with van der Waals surface area (Å²) in [5, 5.41) is 2.67. The van der Waals surface area contributed by atoms with E-state index in [1.807, 2.05) is 50.2 Å². The summed E-state index contributed by atoms with van der Waals surface area (Å²) >= 11 is 3.45. The number of fused-ring (bicyclic) bond motifs is 1. The van der Waals surface area contributed by atoms with Gasteiger partial charge < -0.3 is 13.6 Å². The molecule has 0 unspecified atom stereocenters. The van der Waals surface area contributed by atoms with Crippen LogP contribution in [0.4, 0.5) is 5.88 Å². The summed E-state index contributed by atoms with van der Waals surface area (Å²) in [6, 6.07) is 14.7. The minimum absolute atomic E-state index is 0.114. The number of furan rings is 1. The number of anilines is 1. The van der Waals surface area contributed by atoms with Gasteiger partial charge >= 0.3 is 0 Å². The molecule has 0 aliphatic carbocycles. The highest BCUT2D eigenvalue weighted by Gasteiger charge is 2.15. The second kappa shape index (κ2) is 7.52. The SMILES string of the molecule is Cc1ccccc1OCC(=O)Nc1ccc(-c2nc3cc(Br)cc(C)c3o2)o1. The first-order valence-corrected chi connectivity index (χ1v) is 9.44. The van der Waals surface area contributed by atoms with Gasteiger partial charge in [-0.3, -0.25) is 10.1 Å². The van der Waals surface area contributed by atoms with Gasteiger partial charge in [-0.05, 0) is 49.2 Å². The third-order valence-corrected chi connectivity index (χ3v) is 4.63. The molecule has 0 saturated carbocycles. The lowest BCUT2D eigenvalue weighted by Crippen LogP contribution is -2.20. The second-order valence-electron chi connectivity index (χ2n) is 6.36. The summed E-state index contributed by atoms with van der Waals surface area (Å²) < 4.78 is 17.9.